The van der Waals surface area contributed by atoms with Crippen LogP contribution in [-0.2, 0) is 33.8 Å². The summed E-state index contributed by atoms with van der Waals surface area (Å²) in [6, 6.07) is 6.76. The minimum atomic E-state index is -0.662. The standard InChI is InChI=1S/C20H22N2O6/c1-3-27-19(24)16-10-17(20(25)28-4-2)22(21-16)11-18(23)14-6-5-13-7-8-26-12-15(13)9-14/h5-6,9-10H,3-4,7-8,11-12H2,1-2H3. The Morgan fingerprint density at radius 1 is 1.07 bits per heavy atom. The summed E-state index contributed by atoms with van der Waals surface area (Å²) >= 11 is 0. The molecule has 0 unspecified atom stereocenters. The molecule has 0 spiro atoms. The topological polar surface area (TPSA) is 96.7 Å². The molecule has 8 nitrogen and oxygen atoms in total. The molecule has 1 aromatic carbocycles. The Kier molecular flexibility index (Phi) is 6.20. The summed E-state index contributed by atoms with van der Waals surface area (Å²) in [5, 5.41) is 4.08. The monoisotopic (exact) mass is 386 g/mol. The second kappa shape index (κ2) is 8.79. The van der Waals surface area contributed by atoms with Crippen molar-refractivity contribution in [2.24, 2.45) is 0 Å². The molecule has 0 fully saturated rings. The van der Waals surface area contributed by atoms with E-state index in [4.69, 9.17) is 14.2 Å². The largest absolute Gasteiger partial charge is 0.461 e. The van der Waals surface area contributed by atoms with Gasteiger partial charge in [-0.2, -0.15) is 5.10 Å². The van der Waals surface area contributed by atoms with E-state index < -0.39 is 11.9 Å². The highest BCUT2D eigenvalue weighted by Crippen LogP contribution is 2.19. The summed E-state index contributed by atoms with van der Waals surface area (Å²) in [5.41, 5.74) is 2.62. The summed E-state index contributed by atoms with van der Waals surface area (Å²) < 4.78 is 16.5. The number of esters is 2. The van der Waals surface area contributed by atoms with Gasteiger partial charge in [-0.25, -0.2) is 14.3 Å². The van der Waals surface area contributed by atoms with Crippen molar-refractivity contribution in [2.75, 3.05) is 19.8 Å². The molecule has 1 aromatic heterocycles. The number of hydrogen-bond donors (Lipinski definition) is 0. The highest BCUT2D eigenvalue weighted by molar-refractivity contribution is 5.98. The van der Waals surface area contributed by atoms with Crippen molar-refractivity contribution in [3.05, 3.63) is 52.3 Å². The van der Waals surface area contributed by atoms with Crippen molar-refractivity contribution in [1.29, 1.82) is 0 Å². The summed E-state index contributed by atoms with van der Waals surface area (Å²) in [6.45, 7) is 4.63. The van der Waals surface area contributed by atoms with Crippen LogP contribution in [-0.4, -0.2) is 47.3 Å². The lowest BCUT2D eigenvalue weighted by Crippen LogP contribution is -2.19. The fourth-order valence-electron chi connectivity index (χ4n) is 2.98. The van der Waals surface area contributed by atoms with E-state index in [1.165, 1.54) is 16.3 Å². The fraction of sp³-hybridized carbons (Fsp3) is 0.400. The third-order valence-electron chi connectivity index (χ3n) is 4.34. The molecule has 0 N–H and O–H groups in total. The average Bonchev–Trinajstić information content (AvgIpc) is 3.12. The lowest BCUT2D eigenvalue weighted by Gasteiger charge is -2.17. The van der Waals surface area contributed by atoms with Crippen LogP contribution < -0.4 is 0 Å². The first-order valence-corrected chi connectivity index (χ1v) is 9.18. The van der Waals surface area contributed by atoms with E-state index in [0.717, 1.165) is 12.0 Å². The number of rotatable bonds is 7. The van der Waals surface area contributed by atoms with Crippen LogP contribution in [0.1, 0.15) is 56.3 Å². The van der Waals surface area contributed by atoms with Crippen LogP contribution in [0, 0.1) is 0 Å². The van der Waals surface area contributed by atoms with Gasteiger partial charge in [0.05, 0.1) is 26.4 Å². The van der Waals surface area contributed by atoms with Gasteiger partial charge in [0.25, 0.3) is 0 Å². The number of ether oxygens (including phenoxy) is 3. The third-order valence-corrected chi connectivity index (χ3v) is 4.34. The second-order valence-corrected chi connectivity index (χ2v) is 6.22. The molecular weight excluding hydrogens is 364 g/mol. The predicted octanol–water partition coefficient (Wildman–Crippen LogP) is 2.19. The molecule has 28 heavy (non-hydrogen) atoms. The van der Waals surface area contributed by atoms with E-state index in [2.05, 4.69) is 5.10 Å². The summed E-state index contributed by atoms with van der Waals surface area (Å²) in [5.74, 6) is -1.56. The van der Waals surface area contributed by atoms with Crippen molar-refractivity contribution in [2.45, 2.75) is 33.4 Å². The number of fused-ring (bicyclic) bond motifs is 1. The number of aromatic nitrogens is 2. The molecule has 0 aliphatic carbocycles. The molecule has 2 heterocycles. The van der Waals surface area contributed by atoms with Gasteiger partial charge in [0.1, 0.15) is 12.2 Å². The van der Waals surface area contributed by atoms with E-state index in [0.29, 0.717) is 18.8 Å². The molecule has 8 heteroatoms. The predicted molar refractivity (Wildman–Crippen MR) is 98.3 cm³/mol. The maximum atomic E-state index is 12.8. The highest BCUT2D eigenvalue weighted by atomic mass is 16.5. The van der Waals surface area contributed by atoms with E-state index in [-0.39, 0.29) is 36.9 Å². The third kappa shape index (κ3) is 4.28. The van der Waals surface area contributed by atoms with Gasteiger partial charge in [0, 0.05) is 11.6 Å². The van der Waals surface area contributed by atoms with Gasteiger partial charge in [0.2, 0.25) is 0 Å². The number of hydrogen-bond acceptors (Lipinski definition) is 7. The molecule has 0 saturated carbocycles. The molecule has 0 radical (unpaired) electrons. The summed E-state index contributed by atoms with van der Waals surface area (Å²) in [4.78, 5) is 36.9. The number of ketones is 1. The van der Waals surface area contributed by atoms with Crippen LogP contribution >= 0.6 is 0 Å². The van der Waals surface area contributed by atoms with Gasteiger partial charge in [-0.05, 0) is 37.5 Å². The van der Waals surface area contributed by atoms with Crippen LogP contribution in [0.25, 0.3) is 0 Å². The smallest absolute Gasteiger partial charge is 0.358 e. The number of carbonyl (C=O) groups excluding carboxylic acids is 3. The Morgan fingerprint density at radius 2 is 1.82 bits per heavy atom. The molecule has 0 atom stereocenters. The van der Waals surface area contributed by atoms with Crippen molar-refractivity contribution in [1.82, 2.24) is 9.78 Å². The summed E-state index contributed by atoms with van der Waals surface area (Å²) in [6.07, 6.45) is 0.818. The highest BCUT2D eigenvalue weighted by Gasteiger charge is 2.23. The molecule has 0 bridgehead atoms. The quantitative estimate of drug-likeness (QED) is 0.531. The van der Waals surface area contributed by atoms with Crippen molar-refractivity contribution in [3.8, 4) is 0 Å². The fourth-order valence-corrected chi connectivity index (χ4v) is 2.98. The van der Waals surface area contributed by atoms with E-state index in [9.17, 15) is 14.4 Å². The second-order valence-electron chi connectivity index (χ2n) is 6.22. The maximum Gasteiger partial charge on any atom is 0.358 e. The molecule has 148 valence electrons. The van der Waals surface area contributed by atoms with Crippen LogP contribution in [0.4, 0.5) is 0 Å². The lowest BCUT2D eigenvalue weighted by molar-refractivity contribution is 0.0505. The molecule has 2 aromatic rings. The van der Waals surface area contributed by atoms with Crippen molar-refractivity contribution in [3.63, 3.8) is 0 Å². The number of Topliss-reactive ketones (excluding diaryl/α,β-unsaturated/α-hetero) is 1. The van der Waals surface area contributed by atoms with Crippen LogP contribution in [0.5, 0.6) is 0 Å². The number of nitrogens with zero attached hydrogens (tertiary/aromatic N) is 2. The molecule has 3 rings (SSSR count). The number of carbonyl (C=O) groups is 3. The first-order valence-electron chi connectivity index (χ1n) is 9.18. The van der Waals surface area contributed by atoms with Crippen LogP contribution in [0.2, 0.25) is 0 Å². The van der Waals surface area contributed by atoms with E-state index in [1.807, 2.05) is 6.07 Å². The zero-order chi connectivity index (χ0) is 20.1. The molecular formula is C20H22N2O6. The van der Waals surface area contributed by atoms with Gasteiger partial charge >= 0.3 is 11.9 Å². The van der Waals surface area contributed by atoms with Crippen LogP contribution in [0.15, 0.2) is 24.3 Å². The normalized spacial score (nSPS) is 12.9. The van der Waals surface area contributed by atoms with Gasteiger partial charge in [-0.3, -0.25) is 4.79 Å². The minimum absolute atomic E-state index is 0.0274. The SMILES string of the molecule is CCOC(=O)c1cc(C(=O)OCC)n(CC(=O)c2ccc3c(c2)COCC3)n1. The van der Waals surface area contributed by atoms with E-state index >= 15 is 0 Å². The molecule has 1 aliphatic rings. The van der Waals surface area contributed by atoms with Gasteiger partial charge in [0.15, 0.2) is 11.5 Å². The van der Waals surface area contributed by atoms with Crippen molar-refractivity contribution < 1.29 is 28.6 Å². The van der Waals surface area contributed by atoms with Gasteiger partial charge < -0.3 is 14.2 Å². The number of benzene rings is 1. The first kappa shape index (κ1) is 19.8. The van der Waals surface area contributed by atoms with Gasteiger partial charge in [-0.15, -0.1) is 0 Å². The Hall–Kier alpha value is -3.00. The molecule has 0 amide bonds. The Bertz CT molecular complexity index is 902. The average molecular weight is 386 g/mol. The Labute approximate surface area is 162 Å². The zero-order valence-electron chi connectivity index (χ0n) is 15.9. The minimum Gasteiger partial charge on any atom is -0.461 e. The molecule has 1 aliphatic heterocycles. The van der Waals surface area contributed by atoms with Crippen LogP contribution in [0.3, 0.4) is 0 Å². The van der Waals surface area contributed by atoms with E-state index in [1.54, 1.807) is 26.0 Å². The van der Waals surface area contributed by atoms with Gasteiger partial charge in [-0.1, -0.05) is 12.1 Å². The van der Waals surface area contributed by atoms with Crippen molar-refractivity contribution >= 4 is 17.7 Å². The first-order chi connectivity index (χ1) is 13.5. The molecule has 0 saturated heterocycles. The summed E-state index contributed by atoms with van der Waals surface area (Å²) in [7, 11) is 0. The Morgan fingerprint density at radius 3 is 2.57 bits per heavy atom. The Balaban J connectivity index is 1.86. The maximum absolute atomic E-state index is 12.8. The zero-order valence-corrected chi connectivity index (χ0v) is 15.9. The lowest BCUT2D eigenvalue weighted by atomic mass is 9.99.